The van der Waals surface area contributed by atoms with Crippen molar-refractivity contribution in [1.29, 1.82) is 0 Å². The lowest BCUT2D eigenvalue weighted by molar-refractivity contribution is -0.140. The number of rotatable bonds is 30. The van der Waals surface area contributed by atoms with Gasteiger partial charge in [-0.05, 0) is 37.5 Å². The molecular weight excluding hydrogens is 608 g/mol. The van der Waals surface area contributed by atoms with Crippen molar-refractivity contribution in [2.24, 2.45) is 11.8 Å². The molecule has 0 aromatic rings. The van der Waals surface area contributed by atoms with E-state index in [1.54, 1.807) is 0 Å². The average Bonchev–Trinajstić information content (AvgIpc) is 3.05. The van der Waals surface area contributed by atoms with Crippen molar-refractivity contribution >= 4 is 23.9 Å². The van der Waals surface area contributed by atoms with Crippen molar-refractivity contribution in [3.63, 3.8) is 0 Å². The van der Waals surface area contributed by atoms with Crippen molar-refractivity contribution in [2.75, 3.05) is 26.4 Å². The highest BCUT2D eigenvalue weighted by Crippen LogP contribution is 2.09. The molecule has 0 heterocycles. The predicted molar refractivity (Wildman–Crippen MR) is 195 cm³/mol. The Morgan fingerprint density at radius 1 is 0.375 bits per heavy atom. The van der Waals surface area contributed by atoms with Gasteiger partial charge in [0, 0.05) is 24.3 Å². The molecule has 48 heavy (non-hydrogen) atoms. The fourth-order valence-corrected chi connectivity index (χ4v) is 4.58. The van der Waals surface area contributed by atoms with Crippen LogP contribution in [0.25, 0.3) is 0 Å². The maximum absolute atomic E-state index is 11.5. The molecule has 0 saturated heterocycles. The Hall–Kier alpha value is -2.64. The fourth-order valence-electron chi connectivity index (χ4n) is 4.58. The predicted octanol–water partition coefficient (Wildman–Crippen LogP) is 10.4. The van der Waals surface area contributed by atoms with Crippen LogP contribution < -0.4 is 0 Å². The van der Waals surface area contributed by atoms with E-state index in [0.29, 0.717) is 26.4 Å². The van der Waals surface area contributed by atoms with Gasteiger partial charge < -0.3 is 18.9 Å². The molecule has 8 heteroatoms. The van der Waals surface area contributed by atoms with Crippen LogP contribution in [0.2, 0.25) is 0 Å². The molecule has 0 amide bonds. The smallest absolute Gasteiger partial charge is 0.331 e. The van der Waals surface area contributed by atoms with Gasteiger partial charge in [0.05, 0.1) is 26.4 Å². The van der Waals surface area contributed by atoms with Gasteiger partial charge in [-0.1, -0.05) is 144 Å². The molecule has 0 N–H and O–H groups in total. The zero-order chi connectivity index (χ0) is 36.1. The van der Waals surface area contributed by atoms with Crippen LogP contribution in [0.3, 0.4) is 0 Å². The molecule has 0 spiro atoms. The number of carbonyl (C=O) groups is 4. The van der Waals surface area contributed by atoms with Crippen LogP contribution in [0.4, 0.5) is 0 Å². The van der Waals surface area contributed by atoms with Crippen molar-refractivity contribution in [3.05, 3.63) is 24.3 Å². The zero-order valence-corrected chi connectivity index (χ0v) is 31.7. The minimum Gasteiger partial charge on any atom is -0.463 e. The Labute approximate surface area is 294 Å². The summed E-state index contributed by atoms with van der Waals surface area (Å²) in [6.45, 7) is 14.8. The first kappa shape index (κ1) is 47.5. The molecule has 0 aromatic carbocycles. The molecule has 0 aliphatic rings. The van der Waals surface area contributed by atoms with E-state index in [1.165, 1.54) is 64.2 Å². The number of ether oxygens (including phenoxy) is 4. The van der Waals surface area contributed by atoms with E-state index in [0.717, 1.165) is 100 Å². The summed E-state index contributed by atoms with van der Waals surface area (Å²) in [7, 11) is 0. The lowest BCUT2D eigenvalue weighted by atomic mass is 10.1. The lowest BCUT2D eigenvalue weighted by Gasteiger charge is -2.05. The van der Waals surface area contributed by atoms with E-state index < -0.39 is 23.9 Å². The van der Waals surface area contributed by atoms with Gasteiger partial charge in [0.25, 0.3) is 0 Å². The number of esters is 4. The minimum absolute atomic E-state index is 0.409. The first-order valence-corrected chi connectivity index (χ1v) is 19.1. The van der Waals surface area contributed by atoms with Crippen LogP contribution in [0.5, 0.6) is 0 Å². The van der Waals surface area contributed by atoms with Crippen LogP contribution in [0.1, 0.15) is 170 Å². The third-order valence-corrected chi connectivity index (χ3v) is 7.54. The van der Waals surface area contributed by atoms with Crippen molar-refractivity contribution < 1.29 is 38.1 Å². The second kappa shape index (κ2) is 37.2. The highest BCUT2D eigenvalue weighted by molar-refractivity contribution is 5.92. The summed E-state index contributed by atoms with van der Waals surface area (Å²) < 4.78 is 20.2. The summed E-state index contributed by atoms with van der Waals surface area (Å²) in [5.74, 6) is -0.464. The Morgan fingerprint density at radius 2 is 0.604 bits per heavy atom. The quantitative estimate of drug-likeness (QED) is 0.0319. The summed E-state index contributed by atoms with van der Waals surface area (Å²) in [5, 5.41) is 0. The third kappa shape index (κ3) is 41.4. The van der Waals surface area contributed by atoms with Crippen LogP contribution in [-0.4, -0.2) is 50.3 Å². The molecule has 0 rings (SSSR count). The van der Waals surface area contributed by atoms with Gasteiger partial charge in [-0.15, -0.1) is 0 Å². The van der Waals surface area contributed by atoms with E-state index in [-0.39, 0.29) is 0 Å². The van der Waals surface area contributed by atoms with E-state index in [2.05, 4.69) is 41.5 Å². The molecule has 0 radical (unpaired) electrons. The maximum Gasteiger partial charge on any atom is 0.331 e. The summed E-state index contributed by atoms with van der Waals surface area (Å²) in [6, 6.07) is 0. The average molecular weight is 681 g/mol. The van der Waals surface area contributed by atoms with E-state index >= 15 is 0 Å². The topological polar surface area (TPSA) is 105 Å². The first-order valence-electron chi connectivity index (χ1n) is 19.1. The fraction of sp³-hybridized carbons (Fsp3) is 0.800. The van der Waals surface area contributed by atoms with E-state index in [1.807, 2.05) is 0 Å². The van der Waals surface area contributed by atoms with Crippen molar-refractivity contribution in [2.45, 2.75) is 170 Å². The maximum atomic E-state index is 11.5. The molecule has 0 atom stereocenters. The molecule has 0 aliphatic carbocycles. The minimum atomic E-state index is -0.479. The Kier molecular flexibility index (Phi) is 36.8. The van der Waals surface area contributed by atoms with Gasteiger partial charge >= 0.3 is 23.9 Å². The molecule has 0 saturated carbocycles. The Morgan fingerprint density at radius 3 is 0.854 bits per heavy atom. The van der Waals surface area contributed by atoms with Crippen LogP contribution in [0.15, 0.2) is 24.3 Å². The normalized spacial score (nSPS) is 11.2. The van der Waals surface area contributed by atoms with E-state index in [4.69, 9.17) is 18.9 Å². The van der Waals surface area contributed by atoms with Crippen LogP contribution in [0, 0.1) is 11.8 Å². The highest BCUT2D eigenvalue weighted by Gasteiger charge is 2.03. The number of carbonyl (C=O) groups excluding carboxylic acids is 4. The summed E-state index contributed by atoms with van der Waals surface area (Å²) in [4.78, 5) is 45.8. The molecule has 8 nitrogen and oxygen atoms in total. The number of unbranched alkanes of at least 4 members (excludes halogenated alkanes) is 14. The van der Waals surface area contributed by atoms with Crippen LogP contribution >= 0.6 is 0 Å². The standard InChI is InChI=1S/2C20H36O4/c1-17(2)11-7-5-9-15-23-19(21)13-14-20(22)24-16-10-6-8-12-18(3)4;1-3-5-7-9-11-13-17-23-19(21)15-16-20(22)24-18-14-12-10-8-6-4-2/h13-14,17-18H,5-12,15-16H2,1-4H3;15-16H,3-14,17-18H2,1-2H3/b14-13+;16-15+. The second-order valence-corrected chi connectivity index (χ2v) is 13.4. The molecule has 0 aliphatic heterocycles. The number of hydrogen-bond donors (Lipinski definition) is 0. The van der Waals surface area contributed by atoms with Gasteiger partial charge in [0.15, 0.2) is 0 Å². The first-order chi connectivity index (χ1) is 23.1. The second-order valence-electron chi connectivity index (χ2n) is 13.4. The molecule has 0 fully saturated rings. The van der Waals surface area contributed by atoms with Crippen LogP contribution in [-0.2, 0) is 38.1 Å². The zero-order valence-electron chi connectivity index (χ0n) is 31.7. The van der Waals surface area contributed by atoms with E-state index in [9.17, 15) is 19.2 Å². The van der Waals surface area contributed by atoms with Gasteiger partial charge in [-0.25, -0.2) is 19.2 Å². The molecular formula is C40H72O8. The van der Waals surface area contributed by atoms with Crippen molar-refractivity contribution in [3.8, 4) is 0 Å². The van der Waals surface area contributed by atoms with Crippen molar-refractivity contribution in [1.82, 2.24) is 0 Å². The summed E-state index contributed by atoms with van der Waals surface area (Å²) in [6.07, 6.45) is 27.0. The SMILES string of the molecule is CC(C)CCCCCOC(=O)/C=C/C(=O)OCCCCCC(C)C.CCCCCCCCOC(=O)/C=C/C(=O)OCCCCCCCC. The Balaban J connectivity index is 0. The monoisotopic (exact) mass is 681 g/mol. The summed E-state index contributed by atoms with van der Waals surface area (Å²) in [5.41, 5.74) is 0. The van der Waals surface area contributed by atoms with Gasteiger partial charge in [-0.2, -0.15) is 0 Å². The molecule has 280 valence electrons. The van der Waals surface area contributed by atoms with Gasteiger partial charge in [0.1, 0.15) is 0 Å². The lowest BCUT2D eigenvalue weighted by Crippen LogP contribution is -2.06. The highest BCUT2D eigenvalue weighted by atomic mass is 16.5. The van der Waals surface area contributed by atoms with Gasteiger partial charge in [0.2, 0.25) is 0 Å². The molecule has 0 aromatic heterocycles. The third-order valence-electron chi connectivity index (χ3n) is 7.54. The largest absolute Gasteiger partial charge is 0.463 e. The Bertz CT molecular complexity index is 765. The molecule has 0 bridgehead atoms. The summed E-state index contributed by atoms with van der Waals surface area (Å²) >= 11 is 0. The number of hydrogen-bond acceptors (Lipinski definition) is 8. The molecule has 0 unspecified atom stereocenters. The van der Waals surface area contributed by atoms with Gasteiger partial charge in [-0.3, -0.25) is 0 Å².